The monoisotopic (exact) mass is 617 g/mol. The van der Waals surface area contributed by atoms with E-state index in [0.29, 0.717) is 31.1 Å². The number of aromatic nitrogens is 1. The zero-order chi connectivity index (χ0) is 31.9. The number of fused-ring (bicyclic) bond motifs is 1. The second kappa shape index (κ2) is 14.6. The van der Waals surface area contributed by atoms with E-state index in [2.05, 4.69) is 65.1 Å². The number of hydrogen-bond acceptors (Lipinski definition) is 5. The van der Waals surface area contributed by atoms with E-state index in [1.807, 2.05) is 59.5 Å². The molecular formula is C39H43N3O4. The Hall–Kier alpha value is -4.75. The first-order valence-electron chi connectivity index (χ1n) is 16.1. The summed E-state index contributed by atoms with van der Waals surface area (Å²) < 4.78 is 19.7. The van der Waals surface area contributed by atoms with Gasteiger partial charge in [-0.05, 0) is 59.1 Å². The van der Waals surface area contributed by atoms with E-state index in [4.69, 9.17) is 14.2 Å². The van der Waals surface area contributed by atoms with Gasteiger partial charge in [0.05, 0.1) is 14.2 Å². The van der Waals surface area contributed by atoms with Gasteiger partial charge >= 0.3 is 0 Å². The summed E-state index contributed by atoms with van der Waals surface area (Å²) in [5.74, 6) is 2.18. The minimum absolute atomic E-state index is 0.171. The lowest BCUT2D eigenvalue weighted by molar-refractivity contribution is -0.133. The van der Waals surface area contributed by atoms with Gasteiger partial charge in [0.2, 0.25) is 5.91 Å². The van der Waals surface area contributed by atoms with E-state index in [-0.39, 0.29) is 11.8 Å². The van der Waals surface area contributed by atoms with Crippen molar-refractivity contribution in [1.29, 1.82) is 0 Å². The van der Waals surface area contributed by atoms with Gasteiger partial charge in [0.25, 0.3) is 0 Å². The molecule has 1 amide bonds. The topological polar surface area (TPSA) is 56.2 Å². The lowest BCUT2D eigenvalue weighted by Gasteiger charge is -2.35. The summed E-state index contributed by atoms with van der Waals surface area (Å²) in [5, 5.41) is 1.15. The lowest BCUT2D eigenvalue weighted by Crippen LogP contribution is -2.48. The molecule has 0 bridgehead atoms. The summed E-state index contributed by atoms with van der Waals surface area (Å²) >= 11 is 0. The standard InChI is InChI=1S/C39H43N3O4/c1-4-40-20-22-41(23-21-40)39(43)25-34(31-16-19-37(38(24-31)45-3)46-28-30-10-6-5-7-11-30)35-27-42(36-13-9-8-12-33(35)36)26-29-14-17-32(44-2)18-15-29/h5-19,24,27,34H,4,20-23,25-26,28H2,1-3H3/t34-/m1/s1. The van der Waals surface area contributed by atoms with Crippen LogP contribution in [0.4, 0.5) is 0 Å². The van der Waals surface area contributed by atoms with Gasteiger partial charge in [-0.15, -0.1) is 0 Å². The van der Waals surface area contributed by atoms with Crippen molar-refractivity contribution in [3.63, 3.8) is 0 Å². The number of nitrogens with zero attached hydrogens (tertiary/aromatic N) is 3. The molecule has 1 fully saturated rings. The van der Waals surface area contributed by atoms with Gasteiger partial charge in [0, 0.05) is 62.2 Å². The van der Waals surface area contributed by atoms with Crippen LogP contribution >= 0.6 is 0 Å². The van der Waals surface area contributed by atoms with E-state index >= 15 is 0 Å². The summed E-state index contributed by atoms with van der Waals surface area (Å²) in [6.07, 6.45) is 2.60. The van der Waals surface area contributed by atoms with Crippen LogP contribution in [0.15, 0.2) is 103 Å². The molecule has 2 heterocycles. The zero-order valence-corrected chi connectivity index (χ0v) is 27.0. The Morgan fingerprint density at radius 3 is 2.24 bits per heavy atom. The third kappa shape index (κ3) is 7.05. The Kier molecular flexibility index (Phi) is 9.89. The van der Waals surface area contributed by atoms with Crippen LogP contribution < -0.4 is 14.2 Å². The first-order chi connectivity index (χ1) is 22.6. The third-order valence-corrected chi connectivity index (χ3v) is 9.08. The molecule has 0 N–H and O–H groups in total. The summed E-state index contributed by atoms with van der Waals surface area (Å²) in [6, 6.07) is 32.9. The fourth-order valence-electron chi connectivity index (χ4n) is 6.39. The summed E-state index contributed by atoms with van der Waals surface area (Å²) in [4.78, 5) is 18.4. The molecule has 1 atom stereocenters. The molecule has 1 saturated heterocycles. The molecule has 7 heteroatoms. The maximum absolute atomic E-state index is 14.0. The lowest BCUT2D eigenvalue weighted by atomic mass is 9.87. The number of carbonyl (C=O) groups is 1. The van der Waals surface area contributed by atoms with Gasteiger partial charge in [-0.1, -0.05) is 73.7 Å². The smallest absolute Gasteiger partial charge is 0.223 e. The van der Waals surface area contributed by atoms with Crippen LogP contribution in [0, 0.1) is 0 Å². The summed E-state index contributed by atoms with van der Waals surface area (Å²) in [5.41, 5.74) is 5.56. The minimum atomic E-state index is -0.171. The molecule has 0 aliphatic carbocycles. The van der Waals surface area contributed by atoms with Crippen LogP contribution in [-0.2, 0) is 17.9 Å². The van der Waals surface area contributed by atoms with Crippen LogP contribution in [0.5, 0.6) is 17.2 Å². The summed E-state index contributed by atoms with van der Waals surface area (Å²) in [6.45, 7) is 7.68. The Bertz CT molecular complexity index is 1740. The second-order valence-corrected chi connectivity index (χ2v) is 11.8. The fraction of sp³-hybridized carbons (Fsp3) is 0.308. The highest BCUT2D eigenvalue weighted by Crippen LogP contribution is 2.39. The predicted octanol–water partition coefficient (Wildman–Crippen LogP) is 6.97. The molecule has 1 aliphatic heterocycles. The Labute approximate surface area is 271 Å². The van der Waals surface area contributed by atoms with Gasteiger partial charge in [-0.25, -0.2) is 0 Å². The van der Waals surface area contributed by atoms with Crippen LogP contribution in [-0.4, -0.2) is 67.2 Å². The molecule has 1 aliphatic rings. The van der Waals surface area contributed by atoms with Crippen LogP contribution in [0.25, 0.3) is 10.9 Å². The molecule has 0 radical (unpaired) electrons. The first kappa shape index (κ1) is 31.2. The maximum Gasteiger partial charge on any atom is 0.223 e. The maximum atomic E-state index is 14.0. The van der Waals surface area contributed by atoms with Crippen molar-refractivity contribution in [2.45, 2.75) is 32.4 Å². The van der Waals surface area contributed by atoms with E-state index in [9.17, 15) is 4.79 Å². The van der Waals surface area contributed by atoms with Gasteiger partial charge in [-0.3, -0.25) is 4.79 Å². The first-order valence-corrected chi connectivity index (χ1v) is 16.1. The van der Waals surface area contributed by atoms with E-state index < -0.39 is 0 Å². The van der Waals surface area contributed by atoms with Crippen molar-refractivity contribution < 1.29 is 19.0 Å². The number of rotatable bonds is 12. The van der Waals surface area contributed by atoms with Gasteiger partial charge < -0.3 is 28.6 Å². The highest BCUT2D eigenvalue weighted by molar-refractivity contribution is 5.87. The molecule has 4 aromatic carbocycles. The molecule has 7 nitrogen and oxygen atoms in total. The quantitative estimate of drug-likeness (QED) is 0.151. The van der Waals surface area contributed by atoms with Gasteiger partial charge in [0.1, 0.15) is 12.4 Å². The number of methoxy groups -OCH3 is 2. The van der Waals surface area contributed by atoms with Crippen LogP contribution in [0.2, 0.25) is 0 Å². The second-order valence-electron chi connectivity index (χ2n) is 11.8. The number of carbonyl (C=O) groups excluding carboxylic acids is 1. The minimum Gasteiger partial charge on any atom is -0.497 e. The molecule has 0 spiro atoms. The normalized spacial score (nSPS) is 14.3. The molecule has 46 heavy (non-hydrogen) atoms. The molecule has 0 unspecified atom stereocenters. The van der Waals surface area contributed by atoms with E-state index in [1.165, 1.54) is 5.56 Å². The number of benzene rings is 4. The van der Waals surface area contributed by atoms with Crippen molar-refractivity contribution >= 4 is 16.8 Å². The number of ether oxygens (including phenoxy) is 3. The Balaban J connectivity index is 1.35. The van der Waals surface area contributed by atoms with Crippen LogP contribution in [0.1, 0.15) is 41.5 Å². The van der Waals surface area contributed by atoms with Crippen molar-refractivity contribution in [2.75, 3.05) is 46.9 Å². The molecule has 1 aromatic heterocycles. The predicted molar refractivity (Wildman–Crippen MR) is 183 cm³/mol. The number of hydrogen-bond donors (Lipinski definition) is 0. The zero-order valence-electron chi connectivity index (χ0n) is 27.0. The molecular weight excluding hydrogens is 574 g/mol. The average molecular weight is 618 g/mol. The van der Waals surface area contributed by atoms with Crippen molar-refractivity contribution in [3.8, 4) is 17.2 Å². The molecule has 0 saturated carbocycles. The number of amides is 1. The van der Waals surface area contributed by atoms with Crippen molar-refractivity contribution in [2.24, 2.45) is 0 Å². The highest BCUT2D eigenvalue weighted by atomic mass is 16.5. The highest BCUT2D eigenvalue weighted by Gasteiger charge is 2.28. The fourth-order valence-corrected chi connectivity index (χ4v) is 6.39. The van der Waals surface area contributed by atoms with Gasteiger partial charge in [-0.2, -0.15) is 0 Å². The van der Waals surface area contributed by atoms with Crippen LogP contribution in [0.3, 0.4) is 0 Å². The van der Waals surface area contributed by atoms with E-state index in [1.54, 1.807) is 14.2 Å². The van der Waals surface area contributed by atoms with Crippen molar-refractivity contribution in [1.82, 2.24) is 14.4 Å². The number of para-hydroxylation sites is 1. The Morgan fingerprint density at radius 1 is 0.783 bits per heavy atom. The van der Waals surface area contributed by atoms with Gasteiger partial charge in [0.15, 0.2) is 11.5 Å². The Morgan fingerprint density at radius 2 is 1.52 bits per heavy atom. The summed E-state index contributed by atoms with van der Waals surface area (Å²) in [7, 11) is 3.35. The third-order valence-electron chi connectivity index (χ3n) is 9.08. The SMILES string of the molecule is CCN1CCN(C(=O)C[C@H](c2ccc(OCc3ccccc3)c(OC)c2)c2cn(Cc3ccc(OC)cc3)c3ccccc23)CC1. The molecule has 238 valence electrons. The average Bonchev–Trinajstić information content (AvgIpc) is 3.48. The number of piperazine rings is 1. The number of likely N-dealkylation sites (N-methyl/N-ethyl adjacent to an activating group) is 1. The largest absolute Gasteiger partial charge is 0.497 e. The molecule has 5 aromatic rings. The molecule has 6 rings (SSSR count). The van der Waals surface area contributed by atoms with Crippen molar-refractivity contribution in [3.05, 3.63) is 126 Å². The van der Waals surface area contributed by atoms with E-state index in [0.717, 1.165) is 66.1 Å².